The summed E-state index contributed by atoms with van der Waals surface area (Å²) in [5.41, 5.74) is 6.34. The van der Waals surface area contributed by atoms with Crippen molar-refractivity contribution in [3.05, 3.63) is 29.6 Å². The maximum atomic E-state index is 13.1. The third-order valence-corrected chi connectivity index (χ3v) is 2.11. The summed E-state index contributed by atoms with van der Waals surface area (Å²) in [4.78, 5) is 0. The van der Waals surface area contributed by atoms with E-state index in [0.717, 1.165) is 0 Å². The van der Waals surface area contributed by atoms with Crippen LogP contribution in [0.25, 0.3) is 11.3 Å². The third-order valence-electron chi connectivity index (χ3n) is 2.11. The molecular weight excluding hydrogens is 199 g/mol. The molecule has 15 heavy (non-hydrogen) atoms. The van der Waals surface area contributed by atoms with Gasteiger partial charge in [0.15, 0.2) is 23.1 Å². The molecular formula is C10H9FN2O2. The van der Waals surface area contributed by atoms with Gasteiger partial charge in [-0.25, -0.2) is 4.39 Å². The van der Waals surface area contributed by atoms with Crippen molar-refractivity contribution in [1.82, 2.24) is 5.16 Å². The molecule has 0 aliphatic rings. The lowest BCUT2D eigenvalue weighted by Crippen LogP contribution is -1.86. The minimum atomic E-state index is -0.703. The zero-order valence-corrected chi connectivity index (χ0v) is 7.99. The van der Waals surface area contributed by atoms with Gasteiger partial charge < -0.3 is 15.4 Å². The Balaban J connectivity index is 2.66. The summed E-state index contributed by atoms with van der Waals surface area (Å²) in [6.07, 6.45) is 0. The van der Waals surface area contributed by atoms with E-state index in [1.165, 1.54) is 12.1 Å². The third kappa shape index (κ3) is 1.52. The molecule has 0 aliphatic heterocycles. The summed E-state index contributed by atoms with van der Waals surface area (Å²) in [5, 5.41) is 13.0. The van der Waals surface area contributed by atoms with Gasteiger partial charge in [0, 0.05) is 6.07 Å². The van der Waals surface area contributed by atoms with Gasteiger partial charge >= 0.3 is 0 Å². The first-order valence-electron chi connectivity index (χ1n) is 4.30. The lowest BCUT2D eigenvalue weighted by molar-refractivity contribution is 0.416. The second kappa shape index (κ2) is 3.27. The van der Waals surface area contributed by atoms with Crippen molar-refractivity contribution in [1.29, 1.82) is 0 Å². The van der Waals surface area contributed by atoms with Crippen LogP contribution < -0.4 is 5.73 Å². The summed E-state index contributed by atoms with van der Waals surface area (Å²) >= 11 is 0. The normalized spacial score (nSPS) is 10.5. The van der Waals surface area contributed by atoms with E-state index in [1.807, 2.05) is 0 Å². The molecule has 0 amide bonds. The van der Waals surface area contributed by atoms with Gasteiger partial charge in [-0.15, -0.1) is 0 Å². The second-order valence-corrected chi connectivity index (χ2v) is 3.20. The average molecular weight is 208 g/mol. The van der Waals surface area contributed by atoms with E-state index in [2.05, 4.69) is 5.16 Å². The Morgan fingerprint density at radius 2 is 2.20 bits per heavy atom. The van der Waals surface area contributed by atoms with Gasteiger partial charge in [-0.1, -0.05) is 11.2 Å². The van der Waals surface area contributed by atoms with Crippen molar-refractivity contribution >= 4 is 5.82 Å². The number of nitrogens with two attached hydrogens (primary N) is 1. The fraction of sp³-hybridized carbons (Fsp3) is 0.100. The van der Waals surface area contributed by atoms with Crippen LogP contribution in [0.1, 0.15) is 5.56 Å². The number of halogens is 1. The van der Waals surface area contributed by atoms with Crippen LogP contribution in [0, 0.1) is 12.7 Å². The van der Waals surface area contributed by atoms with Crippen LogP contribution in [0.2, 0.25) is 0 Å². The molecule has 5 heteroatoms. The zero-order chi connectivity index (χ0) is 11.0. The highest BCUT2D eigenvalue weighted by Crippen LogP contribution is 2.34. The molecule has 1 aromatic carbocycles. The van der Waals surface area contributed by atoms with Crippen molar-refractivity contribution in [3.8, 4) is 17.1 Å². The standard InChI is InChI=1S/C10H9FN2O2/c1-5-2-3-6(11)10(14)9(5)7-4-8(12)13-15-7/h2-4,14H,1H3,(H2,12,13). The van der Waals surface area contributed by atoms with Crippen LogP contribution >= 0.6 is 0 Å². The van der Waals surface area contributed by atoms with Crippen molar-refractivity contribution in [2.24, 2.45) is 0 Å². The van der Waals surface area contributed by atoms with Crippen LogP contribution in [0.5, 0.6) is 5.75 Å². The highest BCUT2D eigenvalue weighted by molar-refractivity contribution is 5.70. The number of hydrogen-bond donors (Lipinski definition) is 2. The first kappa shape index (κ1) is 9.51. The van der Waals surface area contributed by atoms with Gasteiger partial charge in [0.05, 0.1) is 5.56 Å². The molecule has 0 unspecified atom stereocenters. The highest BCUT2D eigenvalue weighted by atomic mass is 19.1. The quantitative estimate of drug-likeness (QED) is 0.752. The molecule has 0 aliphatic carbocycles. The number of phenolic OH excluding ortho intramolecular Hbond substituents is 1. The summed E-state index contributed by atoms with van der Waals surface area (Å²) < 4.78 is 18.0. The molecule has 0 atom stereocenters. The van der Waals surface area contributed by atoms with Crippen LogP contribution in [0.4, 0.5) is 10.2 Å². The maximum absolute atomic E-state index is 13.1. The molecule has 1 heterocycles. The molecule has 2 aromatic rings. The first-order chi connectivity index (χ1) is 7.09. The number of hydrogen-bond acceptors (Lipinski definition) is 4. The minimum Gasteiger partial charge on any atom is -0.504 e. The van der Waals surface area contributed by atoms with Crippen LogP contribution in [-0.2, 0) is 0 Å². The largest absolute Gasteiger partial charge is 0.504 e. The van der Waals surface area contributed by atoms with Crippen LogP contribution in [0.3, 0.4) is 0 Å². The van der Waals surface area contributed by atoms with E-state index >= 15 is 0 Å². The maximum Gasteiger partial charge on any atom is 0.173 e. The number of aromatic hydroxyl groups is 1. The fourth-order valence-electron chi connectivity index (χ4n) is 1.38. The molecule has 4 nitrogen and oxygen atoms in total. The molecule has 0 saturated heterocycles. The van der Waals surface area contributed by atoms with E-state index in [9.17, 15) is 9.50 Å². The van der Waals surface area contributed by atoms with Gasteiger partial charge in [0.25, 0.3) is 0 Å². The fourth-order valence-corrected chi connectivity index (χ4v) is 1.38. The number of benzene rings is 1. The van der Waals surface area contributed by atoms with Gasteiger partial charge in [-0.05, 0) is 18.6 Å². The summed E-state index contributed by atoms with van der Waals surface area (Å²) in [6.45, 7) is 1.73. The number of nitrogen functional groups attached to an aromatic ring is 1. The first-order valence-corrected chi connectivity index (χ1v) is 4.30. The number of aryl methyl sites for hydroxylation is 1. The number of rotatable bonds is 1. The Hall–Kier alpha value is -2.04. The molecule has 0 radical (unpaired) electrons. The van der Waals surface area contributed by atoms with E-state index < -0.39 is 11.6 Å². The number of nitrogens with zero attached hydrogens (tertiary/aromatic N) is 1. The van der Waals surface area contributed by atoms with Gasteiger partial charge in [-0.3, -0.25) is 0 Å². The Labute approximate surface area is 85.1 Å². The van der Waals surface area contributed by atoms with Crippen LogP contribution in [-0.4, -0.2) is 10.3 Å². The number of aromatic nitrogens is 1. The molecule has 1 aromatic heterocycles. The Bertz CT molecular complexity index is 508. The molecule has 0 fully saturated rings. The van der Waals surface area contributed by atoms with Crippen molar-refractivity contribution < 1.29 is 14.0 Å². The van der Waals surface area contributed by atoms with Crippen molar-refractivity contribution in [3.63, 3.8) is 0 Å². The topological polar surface area (TPSA) is 72.3 Å². The lowest BCUT2D eigenvalue weighted by Gasteiger charge is -2.04. The zero-order valence-electron chi connectivity index (χ0n) is 7.99. The molecule has 3 N–H and O–H groups in total. The van der Waals surface area contributed by atoms with Crippen molar-refractivity contribution in [2.45, 2.75) is 6.92 Å². The summed E-state index contributed by atoms with van der Waals surface area (Å²) in [6, 6.07) is 4.17. The molecule has 0 spiro atoms. The summed E-state index contributed by atoms with van der Waals surface area (Å²) in [5.74, 6) is -0.716. The predicted octanol–water partition coefficient (Wildman–Crippen LogP) is 2.08. The lowest BCUT2D eigenvalue weighted by atomic mass is 10.1. The SMILES string of the molecule is Cc1ccc(F)c(O)c1-c1cc(N)no1. The Morgan fingerprint density at radius 1 is 1.47 bits per heavy atom. The molecule has 0 bridgehead atoms. The number of anilines is 1. The average Bonchev–Trinajstić information content (AvgIpc) is 2.59. The van der Waals surface area contributed by atoms with Crippen LogP contribution in [0.15, 0.2) is 22.7 Å². The van der Waals surface area contributed by atoms with Gasteiger partial charge in [0.2, 0.25) is 0 Å². The highest BCUT2D eigenvalue weighted by Gasteiger charge is 2.16. The number of phenols is 1. The van der Waals surface area contributed by atoms with E-state index in [4.69, 9.17) is 10.3 Å². The van der Waals surface area contributed by atoms with Gasteiger partial charge in [-0.2, -0.15) is 0 Å². The smallest absolute Gasteiger partial charge is 0.173 e. The van der Waals surface area contributed by atoms with Crippen molar-refractivity contribution in [2.75, 3.05) is 5.73 Å². The predicted molar refractivity (Wildman–Crippen MR) is 52.7 cm³/mol. The molecule has 0 saturated carbocycles. The Morgan fingerprint density at radius 3 is 2.80 bits per heavy atom. The molecule has 2 rings (SSSR count). The van der Waals surface area contributed by atoms with E-state index in [-0.39, 0.29) is 17.1 Å². The Kier molecular flexibility index (Phi) is 2.07. The summed E-state index contributed by atoms with van der Waals surface area (Å²) in [7, 11) is 0. The molecule has 78 valence electrons. The van der Waals surface area contributed by atoms with Gasteiger partial charge in [0.1, 0.15) is 0 Å². The second-order valence-electron chi connectivity index (χ2n) is 3.20. The van der Waals surface area contributed by atoms with E-state index in [0.29, 0.717) is 5.56 Å². The monoisotopic (exact) mass is 208 g/mol. The van der Waals surface area contributed by atoms with E-state index in [1.54, 1.807) is 13.0 Å². The minimum absolute atomic E-state index is 0.188.